The van der Waals surface area contributed by atoms with E-state index < -0.39 is 0 Å². The third kappa shape index (κ3) is 2.86. The van der Waals surface area contributed by atoms with Gasteiger partial charge in [-0.05, 0) is 25.5 Å². The number of para-hydroxylation sites is 1. The van der Waals surface area contributed by atoms with Crippen LogP contribution < -0.4 is 11.1 Å². The number of aryl methyl sites for hydroxylation is 1. The number of hydrogen-bond donors (Lipinski definition) is 3. The normalized spacial score (nSPS) is 21.1. The fraction of sp³-hybridized carbons (Fsp3) is 0.333. The van der Waals surface area contributed by atoms with Gasteiger partial charge in [0.25, 0.3) is 0 Å². The van der Waals surface area contributed by atoms with Crippen molar-refractivity contribution in [1.29, 1.82) is 0 Å². The van der Waals surface area contributed by atoms with E-state index in [0.29, 0.717) is 6.61 Å². The quantitative estimate of drug-likeness (QED) is 0.689. The summed E-state index contributed by atoms with van der Waals surface area (Å²) in [5, 5.41) is 4.57. The summed E-state index contributed by atoms with van der Waals surface area (Å²) in [5.74, 6) is 0.747. The molecular weight excluding hydrogens is 302 g/mol. The molecule has 124 valence electrons. The van der Waals surface area contributed by atoms with Gasteiger partial charge in [0.05, 0.1) is 24.2 Å². The Balaban J connectivity index is 1.65. The van der Waals surface area contributed by atoms with Crippen molar-refractivity contribution in [3.05, 3.63) is 42.2 Å². The SMILES string of the molecule is Cc1ncc(N[C@@H]2CCOCC2N)nc1-c1cc2ccccc2[nH]1. The standard InChI is InChI=1S/C18H21N5O/c1-11-18(16-8-12-4-2-3-5-14(12)21-16)23-17(9-20-11)22-15-6-7-24-10-13(15)19/h2-5,8-9,13,15,21H,6-7,10,19H2,1H3,(H,22,23)/t13?,15-/m1/s1. The van der Waals surface area contributed by atoms with Gasteiger partial charge in [0.15, 0.2) is 0 Å². The Labute approximate surface area is 140 Å². The largest absolute Gasteiger partial charge is 0.380 e. The molecule has 0 spiro atoms. The molecule has 2 aromatic heterocycles. The van der Waals surface area contributed by atoms with E-state index >= 15 is 0 Å². The highest BCUT2D eigenvalue weighted by atomic mass is 16.5. The Morgan fingerprint density at radius 3 is 3.04 bits per heavy atom. The molecule has 4 rings (SSSR count). The van der Waals surface area contributed by atoms with Crippen molar-refractivity contribution in [2.45, 2.75) is 25.4 Å². The third-order valence-electron chi connectivity index (χ3n) is 4.47. The fourth-order valence-electron chi connectivity index (χ4n) is 3.10. The number of nitrogens with two attached hydrogens (primary N) is 1. The summed E-state index contributed by atoms with van der Waals surface area (Å²) in [4.78, 5) is 12.7. The number of nitrogens with zero attached hydrogens (tertiary/aromatic N) is 2. The second-order valence-electron chi connectivity index (χ2n) is 6.24. The van der Waals surface area contributed by atoms with E-state index in [9.17, 15) is 0 Å². The predicted octanol–water partition coefficient (Wildman–Crippen LogP) is 2.46. The van der Waals surface area contributed by atoms with E-state index in [0.717, 1.165) is 41.4 Å². The van der Waals surface area contributed by atoms with Gasteiger partial charge < -0.3 is 20.8 Å². The van der Waals surface area contributed by atoms with Crippen LogP contribution in [0.25, 0.3) is 22.3 Å². The number of aromatic nitrogens is 3. The first-order valence-electron chi connectivity index (χ1n) is 8.22. The van der Waals surface area contributed by atoms with Gasteiger partial charge in [-0.3, -0.25) is 4.98 Å². The first-order valence-corrected chi connectivity index (χ1v) is 8.22. The van der Waals surface area contributed by atoms with E-state index in [1.54, 1.807) is 6.20 Å². The maximum absolute atomic E-state index is 6.12. The van der Waals surface area contributed by atoms with Crippen LogP contribution in [0, 0.1) is 6.92 Å². The zero-order valence-corrected chi connectivity index (χ0v) is 13.6. The van der Waals surface area contributed by atoms with Crippen LogP contribution >= 0.6 is 0 Å². The average Bonchev–Trinajstić information content (AvgIpc) is 3.02. The van der Waals surface area contributed by atoms with Gasteiger partial charge in [0.2, 0.25) is 0 Å². The zero-order chi connectivity index (χ0) is 16.5. The number of fused-ring (bicyclic) bond motifs is 1. The molecule has 1 aliphatic heterocycles. The minimum absolute atomic E-state index is 0.0293. The van der Waals surface area contributed by atoms with Crippen LogP contribution in [0.3, 0.4) is 0 Å². The minimum Gasteiger partial charge on any atom is -0.380 e. The average molecular weight is 323 g/mol. The molecule has 0 radical (unpaired) electrons. The lowest BCUT2D eigenvalue weighted by Gasteiger charge is -2.29. The summed E-state index contributed by atoms with van der Waals surface area (Å²) in [5.41, 5.74) is 9.93. The fourth-order valence-corrected chi connectivity index (χ4v) is 3.10. The van der Waals surface area contributed by atoms with Crippen LogP contribution in [0.4, 0.5) is 5.82 Å². The second-order valence-corrected chi connectivity index (χ2v) is 6.24. The van der Waals surface area contributed by atoms with Gasteiger partial charge in [0.1, 0.15) is 11.5 Å². The highest BCUT2D eigenvalue weighted by molar-refractivity contribution is 5.85. The van der Waals surface area contributed by atoms with Crippen molar-refractivity contribution in [2.24, 2.45) is 5.73 Å². The number of rotatable bonds is 3. The Kier molecular flexibility index (Phi) is 3.92. The number of ether oxygens (including phenoxy) is 1. The number of H-pyrrole nitrogens is 1. The van der Waals surface area contributed by atoms with Crippen molar-refractivity contribution in [1.82, 2.24) is 15.0 Å². The Bertz CT molecular complexity index is 826. The molecule has 2 atom stereocenters. The van der Waals surface area contributed by atoms with Crippen LogP contribution in [0.2, 0.25) is 0 Å². The molecule has 6 heteroatoms. The Hall–Kier alpha value is -2.44. The first kappa shape index (κ1) is 15.1. The molecule has 1 aromatic carbocycles. The van der Waals surface area contributed by atoms with E-state index in [-0.39, 0.29) is 12.1 Å². The van der Waals surface area contributed by atoms with Crippen molar-refractivity contribution in [3.63, 3.8) is 0 Å². The first-order chi connectivity index (χ1) is 11.7. The van der Waals surface area contributed by atoms with Crippen LogP contribution in [0.15, 0.2) is 36.5 Å². The Morgan fingerprint density at radius 2 is 2.21 bits per heavy atom. The summed E-state index contributed by atoms with van der Waals surface area (Å²) >= 11 is 0. The Morgan fingerprint density at radius 1 is 1.33 bits per heavy atom. The van der Waals surface area contributed by atoms with Crippen LogP contribution in [0.1, 0.15) is 12.1 Å². The summed E-state index contributed by atoms with van der Waals surface area (Å²) in [7, 11) is 0. The van der Waals surface area contributed by atoms with Crippen molar-refractivity contribution < 1.29 is 4.74 Å². The van der Waals surface area contributed by atoms with Gasteiger partial charge in [-0.25, -0.2) is 4.98 Å². The van der Waals surface area contributed by atoms with E-state index in [4.69, 9.17) is 15.5 Å². The number of anilines is 1. The van der Waals surface area contributed by atoms with Crippen LogP contribution in [-0.2, 0) is 4.74 Å². The van der Waals surface area contributed by atoms with Gasteiger partial charge in [-0.1, -0.05) is 18.2 Å². The molecule has 0 aliphatic carbocycles. The smallest absolute Gasteiger partial charge is 0.145 e. The minimum atomic E-state index is -0.0293. The molecule has 0 amide bonds. The van der Waals surface area contributed by atoms with E-state index in [1.165, 1.54) is 5.39 Å². The molecular formula is C18H21N5O. The summed E-state index contributed by atoms with van der Waals surface area (Å²) in [6, 6.07) is 10.4. The maximum atomic E-state index is 6.12. The molecule has 0 saturated carbocycles. The number of benzene rings is 1. The highest BCUT2D eigenvalue weighted by Crippen LogP contribution is 2.25. The lowest BCUT2D eigenvalue weighted by atomic mass is 10.0. The van der Waals surface area contributed by atoms with Gasteiger partial charge in [-0.15, -0.1) is 0 Å². The van der Waals surface area contributed by atoms with Crippen molar-refractivity contribution in [3.8, 4) is 11.4 Å². The van der Waals surface area contributed by atoms with Crippen molar-refractivity contribution >= 4 is 16.7 Å². The monoisotopic (exact) mass is 323 g/mol. The van der Waals surface area contributed by atoms with E-state index in [2.05, 4.69) is 33.5 Å². The molecule has 4 N–H and O–H groups in total. The van der Waals surface area contributed by atoms with Crippen molar-refractivity contribution in [2.75, 3.05) is 18.5 Å². The number of aromatic amines is 1. The molecule has 24 heavy (non-hydrogen) atoms. The van der Waals surface area contributed by atoms with Gasteiger partial charge in [0, 0.05) is 29.6 Å². The molecule has 1 unspecified atom stereocenters. The summed E-state index contributed by atoms with van der Waals surface area (Å²) < 4.78 is 5.39. The molecule has 3 heterocycles. The lowest BCUT2D eigenvalue weighted by molar-refractivity contribution is 0.0752. The van der Waals surface area contributed by atoms with Crippen LogP contribution in [-0.4, -0.2) is 40.2 Å². The van der Waals surface area contributed by atoms with Crippen LogP contribution in [0.5, 0.6) is 0 Å². The lowest BCUT2D eigenvalue weighted by Crippen LogP contribution is -2.47. The highest BCUT2D eigenvalue weighted by Gasteiger charge is 2.23. The van der Waals surface area contributed by atoms with Gasteiger partial charge in [-0.2, -0.15) is 0 Å². The molecule has 3 aromatic rings. The molecule has 1 aliphatic rings. The second kappa shape index (κ2) is 6.22. The summed E-state index contributed by atoms with van der Waals surface area (Å²) in [6.07, 6.45) is 2.64. The number of nitrogens with one attached hydrogen (secondary N) is 2. The predicted molar refractivity (Wildman–Crippen MR) is 94.9 cm³/mol. The summed E-state index contributed by atoms with van der Waals surface area (Å²) in [6.45, 7) is 3.27. The molecule has 6 nitrogen and oxygen atoms in total. The topological polar surface area (TPSA) is 88.8 Å². The van der Waals surface area contributed by atoms with E-state index in [1.807, 2.05) is 19.1 Å². The molecule has 0 bridgehead atoms. The molecule has 1 saturated heterocycles. The molecule has 1 fully saturated rings. The van der Waals surface area contributed by atoms with Gasteiger partial charge >= 0.3 is 0 Å². The third-order valence-corrected chi connectivity index (χ3v) is 4.47. The maximum Gasteiger partial charge on any atom is 0.145 e. The number of hydrogen-bond acceptors (Lipinski definition) is 5. The zero-order valence-electron chi connectivity index (χ0n) is 13.6.